The summed E-state index contributed by atoms with van der Waals surface area (Å²) in [6, 6.07) is -4.28. The number of rotatable bonds is 11. The predicted molar refractivity (Wildman–Crippen MR) is 98.5 cm³/mol. The van der Waals surface area contributed by atoms with Crippen molar-refractivity contribution in [3.8, 4) is 0 Å². The first-order valence-corrected chi connectivity index (χ1v) is 8.96. The van der Waals surface area contributed by atoms with Gasteiger partial charge < -0.3 is 31.9 Å². The minimum absolute atomic E-state index is 0.126. The largest absolute Gasteiger partial charge is 0.480 e. The molecule has 0 fully saturated rings. The lowest BCUT2D eigenvalue weighted by Gasteiger charge is -2.27. The molecule has 0 radical (unpaired) electrons. The summed E-state index contributed by atoms with van der Waals surface area (Å²) in [5.41, 5.74) is 5.81. The van der Waals surface area contributed by atoms with Crippen molar-refractivity contribution in [3.05, 3.63) is 0 Å². The van der Waals surface area contributed by atoms with E-state index in [1.165, 1.54) is 6.92 Å². The van der Waals surface area contributed by atoms with Gasteiger partial charge in [0.15, 0.2) is 0 Å². The second kappa shape index (κ2) is 11.5. The third-order valence-corrected chi connectivity index (χ3v) is 4.36. The van der Waals surface area contributed by atoms with Gasteiger partial charge in [-0.2, -0.15) is 0 Å². The Morgan fingerprint density at radius 1 is 0.926 bits per heavy atom. The van der Waals surface area contributed by atoms with E-state index in [1.54, 1.807) is 20.8 Å². The zero-order valence-electron chi connectivity index (χ0n) is 16.5. The molecule has 0 aliphatic carbocycles. The Kier molecular flexibility index (Phi) is 10.6. The highest BCUT2D eigenvalue weighted by molar-refractivity contribution is 5.94. The van der Waals surface area contributed by atoms with Crippen LogP contribution in [0.25, 0.3) is 0 Å². The van der Waals surface area contributed by atoms with Crippen LogP contribution in [0.2, 0.25) is 0 Å². The standard InChI is InChI=1S/C17H32N4O6/c1-6-9(4)13(21-15(24)12(18)8(2)3)16(25)20-11(7-22)14(23)19-10(5)17(26)27/h8-13,22H,6-7,18H2,1-5H3,(H,19,23)(H,20,25)(H,21,24)(H,26,27). The number of hydrogen-bond acceptors (Lipinski definition) is 6. The van der Waals surface area contributed by atoms with Crippen LogP contribution in [0.1, 0.15) is 41.0 Å². The number of carboxylic acid groups (broad SMARTS) is 1. The number of nitrogens with one attached hydrogen (secondary N) is 3. The molecule has 0 saturated heterocycles. The summed E-state index contributed by atoms with van der Waals surface area (Å²) < 4.78 is 0. The summed E-state index contributed by atoms with van der Waals surface area (Å²) in [7, 11) is 0. The SMILES string of the molecule is CCC(C)C(NC(=O)C(N)C(C)C)C(=O)NC(CO)C(=O)NC(C)C(=O)O. The normalized spacial score (nSPS) is 16.6. The Morgan fingerprint density at radius 3 is 1.89 bits per heavy atom. The molecular weight excluding hydrogens is 356 g/mol. The number of nitrogens with two attached hydrogens (primary N) is 1. The smallest absolute Gasteiger partial charge is 0.325 e. The third-order valence-electron chi connectivity index (χ3n) is 4.36. The van der Waals surface area contributed by atoms with Crippen molar-refractivity contribution in [1.82, 2.24) is 16.0 Å². The first kappa shape index (κ1) is 24.8. The van der Waals surface area contributed by atoms with Gasteiger partial charge in [0.25, 0.3) is 0 Å². The lowest BCUT2D eigenvalue weighted by molar-refractivity contribution is -0.142. The van der Waals surface area contributed by atoms with Gasteiger partial charge in [-0.1, -0.05) is 34.1 Å². The second-order valence-electron chi connectivity index (χ2n) is 6.95. The Balaban J connectivity index is 5.18. The van der Waals surface area contributed by atoms with E-state index in [-0.39, 0.29) is 11.8 Å². The number of aliphatic carboxylic acids is 1. The Hall–Kier alpha value is -2.20. The fraction of sp³-hybridized carbons (Fsp3) is 0.765. The lowest BCUT2D eigenvalue weighted by Crippen LogP contribution is -2.59. The predicted octanol–water partition coefficient (Wildman–Crippen LogP) is -1.43. The van der Waals surface area contributed by atoms with Crippen molar-refractivity contribution in [2.45, 2.75) is 65.2 Å². The van der Waals surface area contributed by atoms with Gasteiger partial charge in [0.2, 0.25) is 17.7 Å². The molecule has 0 aromatic heterocycles. The van der Waals surface area contributed by atoms with Crippen molar-refractivity contribution < 1.29 is 29.4 Å². The molecule has 0 saturated carbocycles. The molecule has 0 rings (SSSR count). The topological polar surface area (TPSA) is 171 Å². The Bertz CT molecular complexity index is 540. The molecule has 0 aromatic rings. The minimum atomic E-state index is -1.35. The third kappa shape index (κ3) is 7.92. The second-order valence-corrected chi connectivity index (χ2v) is 6.95. The van der Waals surface area contributed by atoms with Gasteiger partial charge in [0.05, 0.1) is 12.6 Å². The first-order valence-electron chi connectivity index (χ1n) is 8.96. The van der Waals surface area contributed by atoms with E-state index in [9.17, 15) is 24.3 Å². The lowest BCUT2D eigenvalue weighted by atomic mass is 9.96. The summed E-state index contributed by atoms with van der Waals surface area (Å²) in [5.74, 6) is -3.62. The fourth-order valence-corrected chi connectivity index (χ4v) is 2.09. The van der Waals surface area contributed by atoms with E-state index >= 15 is 0 Å². The van der Waals surface area contributed by atoms with Gasteiger partial charge in [-0.15, -0.1) is 0 Å². The molecule has 27 heavy (non-hydrogen) atoms. The van der Waals surface area contributed by atoms with Crippen LogP contribution >= 0.6 is 0 Å². The molecular formula is C17H32N4O6. The van der Waals surface area contributed by atoms with Crippen molar-refractivity contribution >= 4 is 23.7 Å². The van der Waals surface area contributed by atoms with E-state index in [1.807, 2.05) is 6.92 Å². The van der Waals surface area contributed by atoms with Crippen molar-refractivity contribution in [2.75, 3.05) is 6.61 Å². The number of carbonyl (C=O) groups is 4. The molecule has 5 atom stereocenters. The quantitative estimate of drug-likeness (QED) is 0.252. The summed E-state index contributed by atoms with van der Waals surface area (Å²) in [4.78, 5) is 47.7. The van der Waals surface area contributed by atoms with Gasteiger partial charge in [0.1, 0.15) is 18.1 Å². The Morgan fingerprint density at radius 2 is 1.48 bits per heavy atom. The van der Waals surface area contributed by atoms with Crippen molar-refractivity contribution in [2.24, 2.45) is 17.6 Å². The van der Waals surface area contributed by atoms with Gasteiger partial charge in [-0.25, -0.2) is 0 Å². The zero-order valence-corrected chi connectivity index (χ0v) is 16.5. The maximum atomic E-state index is 12.6. The maximum Gasteiger partial charge on any atom is 0.325 e. The highest BCUT2D eigenvalue weighted by Gasteiger charge is 2.32. The number of hydrogen-bond donors (Lipinski definition) is 6. The van der Waals surface area contributed by atoms with Crippen LogP contribution in [0.15, 0.2) is 0 Å². The van der Waals surface area contributed by atoms with Crippen LogP contribution in [0.5, 0.6) is 0 Å². The van der Waals surface area contributed by atoms with E-state index in [4.69, 9.17) is 10.8 Å². The monoisotopic (exact) mass is 388 g/mol. The van der Waals surface area contributed by atoms with Crippen molar-refractivity contribution in [1.29, 1.82) is 0 Å². The molecule has 0 aliphatic heterocycles. The van der Waals surface area contributed by atoms with Crippen LogP contribution in [0.4, 0.5) is 0 Å². The fourth-order valence-electron chi connectivity index (χ4n) is 2.09. The molecule has 10 nitrogen and oxygen atoms in total. The molecule has 10 heteroatoms. The zero-order chi connectivity index (χ0) is 21.3. The summed E-state index contributed by atoms with van der Waals surface area (Å²) in [6.07, 6.45) is 0.571. The minimum Gasteiger partial charge on any atom is -0.480 e. The summed E-state index contributed by atoms with van der Waals surface area (Å²) in [5, 5.41) is 25.3. The summed E-state index contributed by atoms with van der Waals surface area (Å²) >= 11 is 0. The molecule has 0 spiro atoms. The number of amides is 3. The molecule has 0 aromatic carbocycles. The molecule has 0 heterocycles. The average Bonchev–Trinajstić information content (AvgIpc) is 2.61. The number of carboxylic acids is 1. The molecule has 7 N–H and O–H groups in total. The number of aliphatic hydroxyl groups excluding tert-OH is 1. The van der Waals surface area contributed by atoms with Crippen LogP contribution in [-0.2, 0) is 19.2 Å². The molecule has 3 amide bonds. The molecule has 156 valence electrons. The average molecular weight is 388 g/mol. The van der Waals surface area contributed by atoms with E-state index in [0.29, 0.717) is 6.42 Å². The molecule has 0 aliphatic rings. The van der Waals surface area contributed by atoms with E-state index in [2.05, 4.69) is 16.0 Å². The Labute approximate surface area is 159 Å². The van der Waals surface area contributed by atoms with Crippen LogP contribution in [0.3, 0.4) is 0 Å². The van der Waals surface area contributed by atoms with Crippen LogP contribution < -0.4 is 21.7 Å². The molecule has 0 bridgehead atoms. The van der Waals surface area contributed by atoms with E-state index < -0.39 is 54.5 Å². The number of carbonyl (C=O) groups excluding carboxylic acids is 3. The van der Waals surface area contributed by atoms with Crippen LogP contribution in [0, 0.1) is 11.8 Å². The highest BCUT2D eigenvalue weighted by Crippen LogP contribution is 2.10. The van der Waals surface area contributed by atoms with Crippen LogP contribution in [-0.4, -0.2) is 64.7 Å². The van der Waals surface area contributed by atoms with Crippen molar-refractivity contribution in [3.63, 3.8) is 0 Å². The van der Waals surface area contributed by atoms with Gasteiger partial charge in [-0.3, -0.25) is 19.2 Å². The first-order chi connectivity index (χ1) is 12.5. The van der Waals surface area contributed by atoms with Gasteiger partial charge >= 0.3 is 5.97 Å². The summed E-state index contributed by atoms with van der Waals surface area (Å²) in [6.45, 7) is 7.68. The highest BCUT2D eigenvalue weighted by atomic mass is 16.4. The number of aliphatic hydroxyl groups is 1. The van der Waals surface area contributed by atoms with E-state index in [0.717, 1.165) is 0 Å². The van der Waals surface area contributed by atoms with Gasteiger partial charge in [-0.05, 0) is 18.8 Å². The maximum absolute atomic E-state index is 12.6. The van der Waals surface area contributed by atoms with Gasteiger partial charge in [0, 0.05) is 0 Å². The molecule has 5 unspecified atom stereocenters.